The number of nitrogens with one attached hydrogen (secondary N) is 2. The number of carbonyl (C=O) groups excluding carboxylic acids is 2. The topological polar surface area (TPSA) is 74.3 Å². The summed E-state index contributed by atoms with van der Waals surface area (Å²) in [6.45, 7) is 4.67. The van der Waals surface area contributed by atoms with Crippen LogP contribution in [0.3, 0.4) is 0 Å². The smallest absolute Gasteiger partial charge is 0.244 e. The standard InChI is InChI=1S/C23H26N4O2S/c1-3-4-18-12-22(29)27(14-24-18)13-21(28)25-17-8-6-16(7-9-17)23-26-19-10-5-15(2)11-20(19)30-23/h5-11,18,24H,3-4,12-14H2,1-2H3,(H,25,28). The molecule has 0 bridgehead atoms. The quantitative estimate of drug-likeness (QED) is 0.626. The molecule has 7 heteroatoms. The molecule has 1 aliphatic heterocycles. The van der Waals surface area contributed by atoms with E-state index in [1.165, 1.54) is 10.3 Å². The number of hydrogen-bond acceptors (Lipinski definition) is 5. The summed E-state index contributed by atoms with van der Waals surface area (Å²) >= 11 is 1.66. The fraction of sp³-hybridized carbons (Fsp3) is 0.348. The monoisotopic (exact) mass is 422 g/mol. The summed E-state index contributed by atoms with van der Waals surface area (Å²) in [5.41, 5.74) is 3.95. The minimum absolute atomic E-state index is 0.0313. The van der Waals surface area contributed by atoms with Gasteiger partial charge in [-0.05, 0) is 55.3 Å². The van der Waals surface area contributed by atoms with Gasteiger partial charge in [0.1, 0.15) is 11.6 Å². The van der Waals surface area contributed by atoms with Crippen molar-refractivity contribution in [3.8, 4) is 10.6 Å². The van der Waals surface area contributed by atoms with Crippen LogP contribution in [0, 0.1) is 6.92 Å². The molecule has 1 fully saturated rings. The van der Waals surface area contributed by atoms with Crippen LogP contribution in [0.1, 0.15) is 31.7 Å². The molecule has 1 aliphatic rings. The van der Waals surface area contributed by atoms with Crippen molar-refractivity contribution in [1.82, 2.24) is 15.2 Å². The minimum atomic E-state index is -0.192. The van der Waals surface area contributed by atoms with E-state index in [-0.39, 0.29) is 24.4 Å². The maximum Gasteiger partial charge on any atom is 0.244 e. The van der Waals surface area contributed by atoms with Crippen molar-refractivity contribution in [1.29, 1.82) is 0 Å². The van der Waals surface area contributed by atoms with Crippen LogP contribution in [0.2, 0.25) is 0 Å². The molecule has 3 aromatic rings. The van der Waals surface area contributed by atoms with Crippen molar-refractivity contribution < 1.29 is 9.59 Å². The SMILES string of the molecule is CCCC1CC(=O)N(CC(=O)Nc2ccc(-c3nc4ccc(C)cc4s3)cc2)CN1. The molecule has 2 aromatic carbocycles. The predicted octanol–water partition coefficient (Wildman–Crippen LogP) is 4.16. The third-order valence-electron chi connectivity index (χ3n) is 5.28. The van der Waals surface area contributed by atoms with E-state index in [9.17, 15) is 9.59 Å². The zero-order chi connectivity index (χ0) is 21.1. The summed E-state index contributed by atoms with van der Waals surface area (Å²) in [4.78, 5) is 30.9. The summed E-state index contributed by atoms with van der Waals surface area (Å²) < 4.78 is 1.17. The molecule has 0 saturated carbocycles. The van der Waals surface area contributed by atoms with E-state index in [1.54, 1.807) is 16.2 Å². The first-order valence-electron chi connectivity index (χ1n) is 10.3. The normalized spacial score (nSPS) is 16.8. The number of amides is 2. The van der Waals surface area contributed by atoms with Crippen molar-refractivity contribution in [2.45, 2.75) is 39.2 Å². The maximum atomic E-state index is 12.4. The first-order valence-corrected chi connectivity index (χ1v) is 11.1. The Morgan fingerprint density at radius 2 is 2.07 bits per heavy atom. The van der Waals surface area contributed by atoms with E-state index >= 15 is 0 Å². The highest BCUT2D eigenvalue weighted by molar-refractivity contribution is 7.21. The number of nitrogens with zero attached hydrogens (tertiary/aromatic N) is 2. The molecule has 1 aromatic heterocycles. The number of aryl methyl sites for hydroxylation is 1. The molecule has 30 heavy (non-hydrogen) atoms. The van der Waals surface area contributed by atoms with Gasteiger partial charge in [0, 0.05) is 23.7 Å². The number of hydrogen-bond donors (Lipinski definition) is 2. The van der Waals surface area contributed by atoms with Crippen LogP contribution >= 0.6 is 11.3 Å². The molecule has 4 rings (SSSR count). The van der Waals surface area contributed by atoms with Crippen molar-refractivity contribution in [2.75, 3.05) is 18.5 Å². The van der Waals surface area contributed by atoms with Gasteiger partial charge < -0.3 is 10.2 Å². The van der Waals surface area contributed by atoms with Crippen molar-refractivity contribution >= 4 is 39.1 Å². The fourth-order valence-corrected chi connectivity index (χ4v) is 4.73. The van der Waals surface area contributed by atoms with Gasteiger partial charge >= 0.3 is 0 Å². The molecule has 1 atom stereocenters. The second-order valence-corrected chi connectivity index (χ2v) is 8.79. The van der Waals surface area contributed by atoms with Crippen LogP contribution in [-0.2, 0) is 9.59 Å². The Labute approximate surface area is 180 Å². The van der Waals surface area contributed by atoms with E-state index in [0.29, 0.717) is 18.8 Å². The Morgan fingerprint density at radius 3 is 2.80 bits per heavy atom. The number of thiazole rings is 1. The largest absolute Gasteiger partial charge is 0.325 e. The lowest BCUT2D eigenvalue weighted by atomic mass is 10.1. The maximum absolute atomic E-state index is 12.4. The Balaban J connectivity index is 1.36. The highest BCUT2D eigenvalue weighted by Crippen LogP contribution is 2.31. The van der Waals surface area contributed by atoms with Gasteiger partial charge in [0.25, 0.3) is 0 Å². The Kier molecular flexibility index (Phi) is 6.11. The summed E-state index contributed by atoms with van der Waals surface area (Å²) in [5, 5.41) is 7.17. The number of carbonyl (C=O) groups is 2. The van der Waals surface area contributed by atoms with Gasteiger partial charge in [0.05, 0.1) is 16.9 Å². The van der Waals surface area contributed by atoms with E-state index in [4.69, 9.17) is 4.98 Å². The molecular weight excluding hydrogens is 396 g/mol. The van der Waals surface area contributed by atoms with Gasteiger partial charge in [-0.25, -0.2) is 4.98 Å². The van der Waals surface area contributed by atoms with Crippen LogP contribution < -0.4 is 10.6 Å². The zero-order valence-corrected chi connectivity index (χ0v) is 18.1. The van der Waals surface area contributed by atoms with Gasteiger partial charge in [-0.15, -0.1) is 11.3 Å². The molecule has 0 spiro atoms. The van der Waals surface area contributed by atoms with Gasteiger partial charge in [-0.2, -0.15) is 0 Å². The van der Waals surface area contributed by atoms with Gasteiger partial charge in [-0.3, -0.25) is 14.9 Å². The number of benzene rings is 2. The van der Waals surface area contributed by atoms with Crippen LogP contribution in [0.25, 0.3) is 20.8 Å². The second-order valence-electron chi connectivity index (χ2n) is 7.76. The molecule has 6 nitrogen and oxygen atoms in total. The lowest BCUT2D eigenvalue weighted by Gasteiger charge is -2.32. The molecule has 156 valence electrons. The van der Waals surface area contributed by atoms with Crippen molar-refractivity contribution in [3.63, 3.8) is 0 Å². The number of fused-ring (bicyclic) bond motifs is 1. The van der Waals surface area contributed by atoms with E-state index in [1.807, 2.05) is 30.3 Å². The number of rotatable bonds is 6. The van der Waals surface area contributed by atoms with E-state index < -0.39 is 0 Å². The highest BCUT2D eigenvalue weighted by atomic mass is 32.1. The molecule has 2 amide bonds. The van der Waals surface area contributed by atoms with Gasteiger partial charge in [0.15, 0.2) is 0 Å². The van der Waals surface area contributed by atoms with E-state index in [0.717, 1.165) is 28.9 Å². The van der Waals surface area contributed by atoms with Crippen molar-refractivity contribution in [2.24, 2.45) is 0 Å². The highest BCUT2D eigenvalue weighted by Gasteiger charge is 2.26. The second kappa shape index (κ2) is 8.93. The summed E-state index contributed by atoms with van der Waals surface area (Å²) in [6, 6.07) is 14.1. The number of aromatic nitrogens is 1. The zero-order valence-electron chi connectivity index (χ0n) is 17.3. The van der Waals surface area contributed by atoms with E-state index in [2.05, 4.69) is 36.6 Å². The minimum Gasteiger partial charge on any atom is -0.325 e. The van der Waals surface area contributed by atoms with Gasteiger partial charge in [0.2, 0.25) is 11.8 Å². The summed E-state index contributed by atoms with van der Waals surface area (Å²) in [6.07, 6.45) is 2.47. The molecule has 0 aliphatic carbocycles. The molecule has 2 N–H and O–H groups in total. The van der Waals surface area contributed by atoms with Crippen LogP contribution in [0.5, 0.6) is 0 Å². The van der Waals surface area contributed by atoms with Crippen LogP contribution in [0.15, 0.2) is 42.5 Å². The van der Waals surface area contributed by atoms with Gasteiger partial charge in [-0.1, -0.05) is 19.4 Å². The average molecular weight is 423 g/mol. The third-order valence-corrected chi connectivity index (χ3v) is 6.34. The molecule has 0 radical (unpaired) electrons. The number of anilines is 1. The summed E-state index contributed by atoms with van der Waals surface area (Å²) in [7, 11) is 0. The lowest BCUT2D eigenvalue weighted by Crippen LogP contribution is -2.52. The van der Waals surface area contributed by atoms with Crippen LogP contribution in [0.4, 0.5) is 5.69 Å². The van der Waals surface area contributed by atoms with Crippen LogP contribution in [-0.4, -0.2) is 41.0 Å². The molecule has 2 heterocycles. The molecule has 1 saturated heterocycles. The Bertz CT molecular complexity index is 1060. The van der Waals surface area contributed by atoms with Crippen molar-refractivity contribution in [3.05, 3.63) is 48.0 Å². The predicted molar refractivity (Wildman–Crippen MR) is 121 cm³/mol. The Morgan fingerprint density at radius 1 is 1.27 bits per heavy atom. The Hall–Kier alpha value is -2.77. The third kappa shape index (κ3) is 4.68. The summed E-state index contributed by atoms with van der Waals surface area (Å²) in [5.74, 6) is -0.161. The molecule has 1 unspecified atom stereocenters. The lowest BCUT2D eigenvalue weighted by molar-refractivity contribution is -0.138. The molecular formula is C23H26N4O2S. The first kappa shape index (κ1) is 20.5. The average Bonchev–Trinajstić information content (AvgIpc) is 3.14. The fourth-order valence-electron chi connectivity index (χ4n) is 3.66. The first-order chi connectivity index (χ1) is 14.5.